The number of halogens is 1. The third-order valence-corrected chi connectivity index (χ3v) is 8.95. The van der Waals surface area contributed by atoms with E-state index in [1.54, 1.807) is 23.1 Å². The number of rotatable bonds is 4. The molecule has 1 atom stereocenters. The van der Waals surface area contributed by atoms with E-state index in [1.807, 2.05) is 0 Å². The highest BCUT2D eigenvalue weighted by Gasteiger charge is 2.62. The maximum atomic E-state index is 13.8. The summed E-state index contributed by atoms with van der Waals surface area (Å²) in [6.07, 6.45) is 3.03. The first kappa shape index (κ1) is 17.9. The summed E-state index contributed by atoms with van der Waals surface area (Å²) in [4.78, 5) is 16.5. The summed E-state index contributed by atoms with van der Waals surface area (Å²) in [5.41, 5.74) is 0.362. The molecule has 0 N–H and O–H groups in total. The molecule has 3 fully saturated rings. The van der Waals surface area contributed by atoms with E-state index in [2.05, 4.69) is 4.90 Å². The molecule has 142 valence electrons. The van der Waals surface area contributed by atoms with E-state index in [-0.39, 0.29) is 37.1 Å². The number of carbonyl (C=O) groups excluding carboxylic acids is 1. The molecular weight excluding hydrogens is 355 g/mol. The second kappa shape index (κ2) is 6.60. The summed E-state index contributed by atoms with van der Waals surface area (Å²) in [6.45, 7) is 3.43. The van der Waals surface area contributed by atoms with E-state index in [9.17, 15) is 17.6 Å². The van der Waals surface area contributed by atoms with Crippen LogP contribution < -0.4 is 0 Å². The third kappa shape index (κ3) is 2.95. The lowest BCUT2D eigenvalue weighted by atomic mass is 9.82. The Kier molecular flexibility index (Phi) is 4.55. The van der Waals surface area contributed by atoms with Crippen molar-refractivity contribution < 1.29 is 17.6 Å². The van der Waals surface area contributed by atoms with Crippen molar-refractivity contribution >= 4 is 15.7 Å². The van der Waals surface area contributed by atoms with Gasteiger partial charge in [-0.05, 0) is 49.9 Å². The van der Waals surface area contributed by atoms with Crippen LogP contribution in [0, 0.1) is 11.7 Å². The van der Waals surface area contributed by atoms with Crippen molar-refractivity contribution in [2.75, 3.05) is 38.5 Å². The van der Waals surface area contributed by atoms with Gasteiger partial charge in [0.05, 0.1) is 12.2 Å². The van der Waals surface area contributed by atoms with Gasteiger partial charge in [0.25, 0.3) is 0 Å². The van der Waals surface area contributed by atoms with Gasteiger partial charge in [-0.3, -0.25) is 4.79 Å². The number of amides is 1. The lowest BCUT2D eigenvalue weighted by molar-refractivity contribution is -0.136. The zero-order valence-electron chi connectivity index (χ0n) is 14.9. The zero-order chi connectivity index (χ0) is 18.4. The van der Waals surface area contributed by atoms with Crippen molar-refractivity contribution in [2.24, 2.45) is 5.92 Å². The average molecular weight is 380 g/mol. The van der Waals surface area contributed by atoms with Crippen LogP contribution in [0.2, 0.25) is 0 Å². The van der Waals surface area contributed by atoms with E-state index < -0.39 is 20.4 Å². The van der Waals surface area contributed by atoms with E-state index in [0.717, 1.165) is 19.6 Å². The number of nitrogens with zero attached hydrogens (tertiary/aromatic N) is 2. The minimum Gasteiger partial charge on any atom is -0.339 e. The molecule has 5 nitrogen and oxygen atoms in total. The number of hydrogen-bond acceptors (Lipinski definition) is 4. The molecule has 4 rings (SSSR count). The molecule has 1 amide bonds. The fourth-order valence-corrected chi connectivity index (χ4v) is 7.11. The topological polar surface area (TPSA) is 57.7 Å². The fraction of sp³-hybridized carbons (Fsp3) is 0.632. The molecule has 1 unspecified atom stereocenters. The van der Waals surface area contributed by atoms with Gasteiger partial charge < -0.3 is 9.80 Å². The number of likely N-dealkylation sites (tertiary alicyclic amines) is 2. The molecule has 1 aromatic rings. The van der Waals surface area contributed by atoms with Crippen molar-refractivity contribution in [3.8, 4) is 0 Å². The predicted molar refractivity (Wildman–Crippen MR) is 97.0 cm³/mol. The molecule has 0 aromatic heterocycles. The Morgan fingerprint density at radius 3 is 2.58 bits per heavy atom. The van der Waals surface area contributed by atoms with Crippen LogP contribution in [0.4, 0.5) is 4.39 Å². The van der Waals surface area contributed by atoms with Crippen molar-refractivity contribution in [2.45, 2.75) is 30.4 Å². The Morgan fingerprint density at radius 2 is 1.88 bits per heavy atom. The molecule has 3 aliphatic rings. The average Bonchev–Trinajstić information content (AvgIpc) is 3.14. The molecule has 7 heteroatoms. The fourth-order valence-electron chi connectivity index (χ4n) is 4.70. The maximum Gasteiger partial charge on any atom is 0.227 e. The molecule has 3 heterocycles. The highest BCUT2D eigenvalue weighted by Crippen LogP contribution is 2.45. The lowest BCUT2D eigenvalue weighted by Gasteiger charge is -2.50. The predicted octanol–water partition coefficient (Wildman–Crippen LogP) is 1.48. The third-order valence-electron chi connectivity index (χ3n) is 6.34. The molecule has 3 saturated heterocycles. The second-order valence-corrected chi connectivity index (χ2v) is 10.3. The smallest absolute Gasteiger partial charge is 0.227 e. The van der Waals surface area contributed by atoms with E-state index >= 15 is 0 Å². The Morgan fingerprint density at radius 1 is 1.19 bits per heavy atom. The van der Waals surface area contributed by atoms with Crippen LogP contribution >= 0.6 is 0 Å². The lowest BCUT2D eigenvalue weighted by Crippen LogP contribution is -2.69. The Balaban J connectivity index is 1.44. The second-order valence-electron chi connectivity index (χ2n) is 7.89. The molecule has 1 spiro atoms. The van der Waals surface area contributed by atoms with Gasteiger partial charge in [0.15, 0.2) is 9.84 Å². The summed E-state index contributed by atoms with van der Waals surface area (Å²) >= 11 is 0. The SMILES string of the molecule is O=C(Cc1ccccc1F)N1CC2(C1)C(CN1CCCC1)CCS2(=O)=O. The molecule has 0 aliphatic carbocycles. The van der Waals surface area contributed by atoms with Crippen molar-refractivity contribution in [3.05, 3.63) is 35.6 Å². The van der Waals surface area contributed by atoms with Crippen LogP contribution in [0.1, 0.15) is 24.8 Å². The summed E-state index contributed by atoms with van der Waals surface area (Å²) in [7, 11) is -3.18. The van der Waals surface area contributed by atoms with Crippen LogP contribution in [-0.4, -0.2) is 67.3 Å². The quantitative estimate of drug-likeness (QED) is 0.794. The van der Waals surface area contributed by atoms with Gasteiger partial charge in [-0.25, -0.2) is 12.8 Å². The first-order chi connectivity index (χ1) is 12.4. The molecule has 0 radical (unpaired) electrons. The van der Waals surface area contributed by atoms with Crippen LogP contribution in [0.3, 0.4) is 0 Å². The first-order valence-corrected chi connectivity index (χ1v) is 11.0. The Labute approximate surface area is 154 Å². The number of sulfone groups is 1. The molecule has 26 heavy (non-hydrogen) atoms. The van der Waals surface area contributed by atoms with Gasteiger partial charge >= 0.3 is 0 Å². The normalized spacial score (nSPS) is 27.0. The highest BCUT2D eigenvalue weighted by molar-refractivity contribution is 7.93. The van der Waals surface area contributed by atoms with Crippen LogP contribution in [-0.2, 0) is 21.1 Å². The minimum absolute atomic E-state index is 0.0143. The van der Waals surface area contributed by atoms with Gasteiger partial charge in [0.2, 0.25) is 5.91 Å². The monoisotopic (exact) mass is 380 g/mol. The van der Waals surface area contributed by atoms with Crippen molar-refractivity contribution in [1.82, 2.24) is 9.80 Å². The molecule has 1 aromatic carbocycles. The van der Waals surface area contributed by atoms with E-state index in [0.29, 0.717) is 12.0 Å². The molecule has 0 saturated carbocycles. The van der Waals surface area contributed by atoms with E-state index in [4.69, 9.17) is 0 Å². The Hall–Kier alpha value is -1.47. The number of hydrogen-bond donors (Lipinski definition) is 0. The standard InChI is InChI=1S/C19H25FN2O3S/c20-17-6-2-1-5-15(17)11-18(23)22-13-19(14-22)16(7-10-26(19,24)25)12-21-8-3-4-9-21/h1-2,5-6,16H,3-4,7-14H2. The summed E-state index contributed by atoms with van der Waals surface area (Å²) in [5, 5.41) is 0. The van der Waals surface area contributed by atoms with E-state index in [1.165, 1.54) is 18.9 Å². The van der Waals surface area contributed by atoms with Gasteiger partial charge in [-0.15, -0.1) is 0 Å². The number of benzene rings is 1. The van der Waals surface area contributed by atoms with Crippen LogP contribution in [0.25, 0.3) is 0 Å². The van der Waals surface area contributed by atoms with Crippen molar-refractivity contribution in [3.63, 3.8) is 0 Å². The van der Waals surface area contributed by atoms with Crippen LogP contribution in [0.15, 0.2) is 24.3 Å². The molecule has 3 aliphatic heterocycles. The van der Waals surface area contributed by atoms with Gasteiger partial charge in [0, 0.05) is 19.6 Å². The molecular formula is C19H25FN2O3S. The van der Waals surface area contributed by atoms with Crippen LogP contribution in [0.5, 0.6) is 0 Å². The summed E-state index contributed by atoms with van der Waals surface area (Å²) in [5.74, 6) is -0.261. The molecule has 0 bridgehead atoms. The van der Waals surface area contributed by atoms with Gasteiger partial charge in [0.1, 0.15) is 10.6 Å². The summed E-state index contributed by atoms with van der Waals surface area (Å²) in [6, 6.07) is 6.24. The zero-order valence-corrected chi connectivity index (χ0v) is 15.7. The van der Waals surface area contributed by atoms with Gasteiger partial charge in [-0.2, -0.15) is 0 Å². The maximum absolute atomic E-state index is 13.8. The number of carbonyl (C=O) groups is 1. The highest BCUT2D eigenvalue weighted by atomic mass is 32.2. The first-order valence-electron chi connectivity index (χ1n) is 9.37. The van der Waals surface area contributed by atoms with Gasteiger partial charge in [-0.1, -0.05) is 18.2 Å². The largest absolute Gasteiger partial charge is 0.339 e. The van der Waals surface area contributed by atoms with Crippen molar-refractivity contribution in [1.29, 1.82) is 0 Å². The summed E-state index contributed by atoms with van der Waals surface area (Å²) < 4.78 is 38.4. The minimum atomic E-state index is -3.18. The Bertz CT molecular complexity index is 799.